The van der Waals surface area contributed by atoms with Crippen molar-refractivity contribution in [3.63, 3.8) is 0 Å². The van der Waals surface area contributed by atoms with Crippen molar-refractivity contribution < 1.29 is 0 Å². The molecule has 0 aromatic carbocycles. The lowest BCUT2D eigenvalue weighted by Crippen LogP contribution is -2.30. The van der Waals surface area contributed by atoms with Crippen LogP contribution in [0.5, 0.6) is 0 Å². The number of nitrogens with two attached hydrogens (primary N) is 1. The Balaban J connectivity index is 1.89. The van der Waals surface area contributed by atoms with Crippen LogP contribution in [0, 0.1) is 0 Å². The molecule has 0 atom stereocenters. The fourth-order valence-corrected chi connectivity index (χ4v) is 3.38. The van der Waals surface area contributed by atoms with Crippen molar-refractivity contribution in [2.24, 2.45) is 10.8 Å². The molecule has 0 bridgehead atoms. The highest BCUT2D eigenvalue weighted by atomic mass is 32.1. The van der Waals surface area contributed by atoms with Gasteiger partial charge in [-0.05, 0) is 50.2 Å². The van der Waals surface area contributed by atoms with Crippen molar-refractivity contribution >= 4 is 17.2 Å². The van der Waals surface area contributed by atoms with Gasteiger partial charge in [0.05, 0.1) is 10.9 Å². The van der Waals surface area contributed by atoms with E-state index in [1.807, 2.05) is 11.3 Å². The molecule has 1 aromatic rings. The molecule has 86 valence electrons. The lowest BCUT2D eigenvalue weighted by molar-refractivity contribution is 0.697. The van der Waals surface area contributed by atoms with Crippen molar-refractivity contribution in [1.29, 1.82) is 0 Å². The Kier molecular flexibility index (Phi) is 2.69. The highest BCUT2D eigenvalue weighted by Crippen LogP contribution is 2.31. The van der Waals surface area contributed by atoms with Crippen LogP contribution in [0.3, 0.4) is 0 Å². The Morgan fingerprint density at radius 2 is 2.19 bits per heavy atom. The van der Waals surface area contributed by atoms with Gasteiger partial charge in [0.2, 0.25) is 0 Å². The molecule has 0 saturated heterocycles. The minimum absolute atomic E-state index is 0.519. The minimum Gasteiger partial charge on any atom is -0.308 e. The van der Waals surface area contributed by atoms with Gasteiger partial charge in [-0.1, -0.05) is 0 Å². The van der Waals surface area contributed by atoms with Crippen molar-refractivity contribution in [3.8, 4) is 0 Å². The molecule has 3 N–H and O–H groups in total. The number of amidine groups is 1. The summed E-state index contributed by atoms with van der Waals surface area (Å²) < 4.78 is 0. The van der Waals surface area contributed by atoms with Gasteiger partial charge in [-0.3, -0.25) is 4.99 Å². The number of nitrogens with one attached hydrogen (secondary N) is 1. The van der Waals surface area contributed by atoms with Crippen LogP contribution in [0.25, 0.3) is 0 Å². The van der Waals surface area contributed by atoms with Crippen molar-refractivity contribution in [3.05, 3.63) is 21.4 Å². The van der Waals surface area contributed by atoms with Gasteiger partial charge >= 0.3 is 0 Å². The third kappa shape index (κ3) is 1.99. The summed E-state index contributed by atoms with van der Waals surface area (Å²) in [5.41, 5.74) is 4.28. The number of aliphatic imine (C=N–C) groups is 1. The first-order chi connectivity index (χ1) is 7.86. The maximum absolute atomic E-state index is 5.56. The predicted molar refractivity (Wildman–Crippen MR) is 67.8 cm³/mol. The summed E-state index contributed by atoms with van der Waals surface area (Å²) >= 11 is 1.86. The zero-order valence-electron chi connectivity index (χ0n) is 9.33. The molecule has 2 aliphatic rings. The number of rotatable bonds is 2. The van der Waals surface area contributed by atoms with Crippen molar-refractivity contribution in [2.45, 2.75) is 44.6 Å². The van der Waals surface area contributed by atoms with Crippen LogP contribution in [0.15, 0.2) is 11.1 Å². The quantitative estimate of drug-likeness (QED) is 0.356. The maximum atomic E-state index is 5.56. The van der Waals surface area contributed by atoms with E-state index in [1.165, 1.54) is 49.0 Å². The van der Waals surface area contributed by atoms with E-state index in [2.05, 4.69) is 16.5 Å². The van der Waals surface area contributed by atoms with Gasteiger partial charge < -0.3 is 5.43 Å². The van der Waals surface area contributed by atoms with Gasteiger partial charge in [0.15, 0.2) is 5.84 Å². The molecule has 4 heteroatoms. The van der Waals surface area contributed by atoms with Crippen LogP contribution in [0.2, 0.25) is 0 Å². The Bertz CT molecular complexity index is 394. The first kappa shape index (κ1) is 10.3. The number of nitrogens with zero attached hydrogens (tertiary/aromatic N) is 1. The zero-order valence-corrected chi connectivity index (χ0v) is 10.1. The predicted octanol–water partition coefficient (Wildman–Crippen LogP) is 2.00. The third-order valence-corrected chi connectivity index (χ3v) is 4.47. The molecule has 1 fully saturated rings. The molecule has 3 nitrogen and oxygen atoms in total. The Labute approximate surface area is 99.7 Å². The number of hydrogen-bond donors (Lipinski definition) is 2. The van der Waals surface area contributed by atoms with E-state index < -0.39 is 0 Å². The number of aryl methyl sites for hydroxylation is 2. The fourth-order valence-electron chi connectivity index (χ4n) is 2.17. The Hall–Kier alpha value is -0.870. The SMILES string of the molecule is NNC(=NC1CC1)c1cc2c(s1)CCCC2. The lowest BCUT2D eigenvalue weighted by Gasteiger charge is -2.08. The molecule has 1 saturated carbocycles. The van der Waals surface area contributed by atoms with Gasteiger partial charge in [0.25, 0.3) is 0 Å². The average Bonchev–Trinajstić information content (AvgIpc) is 3.02. The van der Waals surface area contributed by atoms with Gasteiger partial charge in [-0.2, -0.15) is 0 Å². The summed E-state index contributed by atoms with van der Waals surface area (Å²) in [5, 5.41) is 0. The molecule has 0 aliphatic heterocycles. The lowest BCUT2D eigenvalue weighted by atomic mass is 9.99. The van der Waals surface area contributed by atoms with Crippen LogP contribution < -0.4 is 11.3 Å². The molecule has 0 unspecified atom stereocenters. The summed E-state index contributed by atoms with van der Waals surface area (Å²) in [6.07, 6.45) is 7.56. The molecule has 2 aliphatic carbocycles. The third-order valence-electron chi connectivity index (χ3n) is 3.23. The number of thiophene rings is 1. The highest BCUT2D eigenvalue weighted by molar-refractivity contribution is 7.14. The van der Waals surface area contributed by atoms with Crippen LogP contribution in [0.1, 0.15) is 41.0 Å². The summed E-state index contributed by atoms with van der Waals surface area (Å²) in [6.45, 7) is 0. The number of hydrogen-bond acceptors (Lipinski definition) is 3. The average molecular weight is 235 g/mol. The molecule has 1 heterocycles. The smallest absolute Gasteiger partial charge is 0.153 e. The van der Waals surface area contributed by atoms with Crippen LogP contribution in [0.4, 0.5) is 0 Å². The Morgan fingerprint density at radius 1 is 1.38 bits per heavy atom. The zero-order chi connectivity index (χ0) is 11.0. The normalized spacial score (nSPS) is 20.7. The largest absolute Gasteiger partial charge is 0.308 e. The molecular formula is C12H17N3S. The summed E-state index contributed by atoms with van der Waals surface area (Å²) in [6, 6.07) is 2.80. The van der Waals surface area contributed by atoms with Gasteiger partial charge in [-0.15, -0.1) is 11.3 Å². The molecular weight excluding hydrogens is 218 g/mol. The van der Waals surface area contributed by atoms with E-state index in [4.69, 9.17) is 5.84 Å². The molecule has 0 spiro atoms. The topological polar surface area (TPSA) is 50.4 Å². The van der Waals surface area contributed by atoms with E-state index in [0.29, 0.717) is 6.04 Å². The van der Waals surface area contributed by atoms with Gasteiger partial charge in [0.1, 0.15) is 0 Å². The molecule has 0 amide bonds. The summed E-state index contributed by atoms with van der Waals surface area (Å²) in [7, 11) is 0. The second-order valence-corrected chi connectivity index (χ2v) is 5.76. The maximum Gasteiger partial charge on any atom is 0.153 e. The fraction of sp³-hybridized carbons (Fsp3) is 0.583. The number of hydrazine groups is 1. The Morgan fingerprint density at radius 3 is 2.88 bits per heavy atom. The van der Waals surface area contributed by atoms with Crippen LogP contribution >= 0.6 is 11.3 Å². The van der Waals surface area contributed by atoms with Crippen LogP contribution in [-0.2, 0) is 12.8 Å². The van der Waals surface area contributed by atoms with Crippen molar-refractivity contribution in [1.82, 2.24) is 5.43 Å². The molecule has 1 aromatic heterocycles. The number of fused-ring (bicyclic) bond motifs is 1. The summed E-state index contributed by atoms with van der Waals surface area (Å²) in [5.74, 6) is 6.46. The first-order valence-electron chi connectivity index (χ1n) is 6.03. The first-order valence-corrected chi connectivity index (χ1v) is 6.85. The van der Waals surface area contributed by atoms with Crippen molar-refractivity contribution in [2.75, 3.05) is 0 Å². The monoisotopic (exact) mass is 235 g/mol. The minimum atomic E-state index is 0.519. The molecule has 3 rings (SSSR count). The standard InChI is InChI=1S/C12H17N3S/c13-15-12(14-9-5-6-9)11-7-8-3-1-2-4-10(8)16-11/h7,9H,1-6,13H2,(H,14,15). The van der Waals surface area contributed by atoms with E-state index in [-0.39, 0.29) is 0 Å². The van der Waals surface area contributed by atoms with E-state index in [0.717, 1.165) is 5.84 Å². The van der Waals surface area contributed by atoms with E-state index >= 15 is 0 Å². The van der Waals surface area contributed by atoms with Crippen LogP contribution in [-0.4, -0.2) is 11.9 Å². The summed E-state index contributed by atoms with van der Waals surface area (Å²) in [4.78, 5) is 7.38. The highest BCUT2D eigenvalue weighted by Gasteiger charge is 2.22. The van der Waals surface area contributed by atoms with Gasteiger partial charge in [-0.25, -0.2) is 5.84 Å². The second kappa shape index (κ2) is 4.18. The molecule has 0 radical (unpaired) electrons. The van der Waals surface area contributed by atoms with Gasteiger partial charge in [0, 0.05) is 4.88 Å². The van der Waals surface area contributed by atoms with E-state index in [9.17, 15) is 0 Å². The second-order valence-electron chi connectivity index (χ2n) is 4.62. The molecule has 16 heavy (non-hydrogen) atoms. The van der Waals surface area contributed by atoms with E-state index in [1.54, 1.807) is 4.88 Å².